The molecule has 1 saturated carbocycles. The van der Waals surface area contributed by atoms with Crippen molar-refractivity contribution < 1.29 is 4.79 Å². The molecule has 0 aromatic heterocycles. The average Bonchev–Trinajstić information content (AvgIpc) is 2.28. The molecule has 2 unspecified atom stereocenters. The van der Waals surface area contributed by atoms with Crippen LogP contribution in [-0.2, 0) is 4.79 Å². The predicted molar refractivity (Wildman–Crippen MR) is 77.3 cm³/mol. The molecule has 2 rings (SSSR count). The van der Waals surface area contributed by atoms with Gasteiger partial charge in [-0.05, 0) is 38.0 Å². The number of carbonyl (C=O) groups excluding carboxylic acids is 1. The molecule has 1 fully saturated rings. The van der Waals surface area contributed by atoms with E-state index < -0.39 is 0 Å². The van der Waals surface area contributed by atoms with Crippen LogP contribution in [0, 0.1) is 5.92 Å². The lowest BCUT2D eigenvalue weighted by Crippen LogP contribution is -2.51. The molecule has 0 bridgehead atoms. The van der Waals surface area contributed by atoms with E-state index in [1.54, 1.807) is 0 Å². The fraction of sp³-hybridized carbons (Fsp3) is 0.500. The van der Waals surface area contributed by atoms with Gasteiger partial charge >= 0.3 is 0 Å². The van der Waals surface area contributed by atoms with Crippen molar-refractivity contribution in [3.8, 4) is 0 Å². The number of rotatable bonds is 2. The smallest absolute Gasteiger partial charge is 0.229 e. The number of nitrogens with two attached hydrogens (primary N) is 1. The van der Waals surface area contributed by atoms with Crippen LogP contribution in [-0.4, -0.2) is 11.4 Å². The van der Waals surface area contributed by atoms with Gasteiger partial charge in [0.15, 0.2) is 0 Å². The van der Waals surface area contributed by atoms with Crippen molar-refractivity contribution >= 4 is 27.5 Å². The number of carbonyl (C=O) groups is 1. The van der Waals surface area contributed by atoms with E-state index in [2.05, 4.69) is 21.2 Å². The molecular formula is C14H19BrN2O. The second-order valence-corrected chi connectivity index (χ2v) is 6.22. The van der Waals surface area contributed by atoms with Gasteiger partial charge < -0.3 is 11.1 Å². The first-order valence-corrected chi connectivity index (χ1v) is 7.14. The fourth-order valence-electron chi connectivity index (χ4n) is 2.58. The summed E-state index contributed by atoms with van der Waals surface area (Å²) in [4.78, 5) is 12.3. The summed E-state index contributed by atoms with van der Waals surface area (Å²) in [6.07, 6.45) is 4.01. The summed E-state index contributed by atoms with van der Waals surface area (Å²) in [5.41, 5.74) is 6.67. The lowest BCUT2D eigenvalue weighted by molar-refractivity contribution is -0.122. The SMILES string of the molecule is CC1(N)CCCCC1C(=O)Nc1cccc(Br)c1. The zero-order valence-corrected chi connectivity index (χ0v) is 12.2. The molecule has 3 nitrogen and oxygen atoms in total. The minimum Gasteiger partial charge on any atom is -0.326 e. The number of amides is 1. The van der Waals surface area contributed by atoms with Crippen LogP contribution in [0.15, 0.2) is 28.7 Å². The Labute approximate surface area is 116 Å². The first-order valence-electron chi connectivity index (χ1n) is 6.34. The largest absolute Gasteiger partial charge is 0.326 e. The summed E-state index contributed by atoms with van der Waals surface area (Å²) in [6, 6.07) is 7.62. The highest BCUT2D eigenvalue weighted by atomic mass is 79.9. The number of hydrogen-bond acceptors (Lipinski definition) is 2. The monoisotopic (exact) mass is 310 g/mol. The summed E-state index contributed by atoms with van der Waals surface area (Å²) in [6.45, 7) is 1.98. The maximum atomic E-state index is 12.3. The van der Waals surface area contributed by atoms with Crippen LogP contribution in [0.1, 0.15) is 32.6 Å². The van der Waals surface area contributed by atoms with Crippen LogP contribution in [0.4, 0.5) is 5.69 Å². The van der Waals surface area contributed by atoms with Crippen LogP contribution in [0.3, 0.4) is 0 Å². The molecule has 1 aliphatic carbocycles. The molecule has 1 aliphatic rings. The van der Waals surface area contributed by atoms with Gasteiger partial charge in [0.25, 0.3) is 0 Å². The fourth-order valence-corrected chi connectivity index (χ4v) is 2.98. The molecule has 0 radical (unpaired) electrons. The van der Waals surface area contributed by atoms with Crippen LogP contribution < -0.4 is 11.1 Å². The molecule has 4 heteroatoms. The van der Waals surface area contributed by atoms with Gasteiger partial charge in [-0.15, -0.1) is 0 Å². The first-order chi connectivity index (χ1) is 8.49. The molecule has 98 valence electrons. The Morgan fingerprint density at radius 2 is 2.28 bits per heavy atom. The Balaban J connectivity index is 2.07. The quantitative estimate of drug-likeness (QED) is 0.880. The van der Waals surface area contributed by atoms with Gasteiger partial charge in [-0.2, -0.15) is 0 Å². The Kier molecular flexibility index (Phi) is 4.07. The van der Waals surface area contributed by atoms with E-state index >= 15 is 0 Å². The zero-order chi connectivity index (χ0) is 13.2. The Morgan fingerprint density at radius 3 is 2.94 bits per heavy atom. The second-order valence-electron chi connectivity index (χ2n) is 5.30. The van der Waals surface area contributed by atoms with Crippen LogP contribution in [0.5, 0.6) is 0 Å². The van der Waals surface area contributed by atoms with Crippen molar-refractivity contribution in [1.29, 1.82) is 0 Å². The normalized spacial score (nSPS) is 27.8. The van der Waals surface area contributed by atoms with Crippen molar-refractivity contribution in [1.82, 2.24) is 0 Å². The second kappa shape index (κ2) is 5.41. The highest BCUT2D eigenvalue weighted by Gasteiger charge is 2.37. The third-order valence-electron chi connectivity index (χ3n) is 3.66. The third kappa shape index (κ3) is 3.12. The molecule has 0 saturated heterocycles. The van der Waals surface area contributed by atoms with Crippen molar-refractivity contribution in [3.05, 3.63) is 28.7 Å². The summed E-state index contributed by atoms with van der Waals surface area (Å²) in [7, 11) is 0. The summed E-state index contributed by atoms with van der Waals surface area (Å²) in [5, 5.41) is 2.96. The summed E-state index contributed by atoms with van der Waals surface area (Å²) >= 11 is 3.39. The summed E-state index contributed by atoms with van der Waals surface area (Å²) < 4.78 is 0.958. The highest BCUT2D eigenvalue weighted by molar-refractivity contribution is 9.10. The molecule has 0 spiro atoms. The zero-order valence-electron chi connectivity index (χ0n) is 10.6. The number of anilines is 1. The van der Waals surface area contributed by atoms with Crippen molar-refractivity contribution in [3.63, 3.8) is 0 Å². The molecule has 1 amide bonds. The van der Waals surface area contributed by atoms with E-state index in [0.717, 1.165) is 35.8 Å². The molecule has 0 heterocycles. The predicted octanol–water partition coefficient (Wildman–Crippen LogP) is 3.30. The Bertz CT molecular complexity index is 445. The van der Waals surface area contributed by atoms with E-state index in [-0.39, 0.29) is 17.4 Å². The van der Waals surface area contributed by atoms with Gasteiger partial charge in [0.1, 0.15) is 0 Å². The molecule has 1 aromatic carbocycles. The number of halogens is 1. The van der Waals surface area contributed by atoms with Crippen LogP contribution in [0.2, 0.25) is 0 Å². The maximum Gasteiger partial charge on any atom is 0.229 e. The standard InChI is InChI=1S/C14H19BrN2O/c1-14(16)8-3-2-7-12(14)13(18)17-11-6-4-5-10(15)9-11/h4-6,9,12H,2-3,7-8,16H2,1H3,(H,17,18). The van der Waals surface area contributed by atoms with Crippen LogP contribution in [0.25, 0.3) is 0 Å². The number of benzene rings is 1. The minimum atomic E-state index is -0.381. The minimum absolute atomic E-state index is 0.0396. The van der Waals surface area contributed by atoms with Gasteiger partial charge in [-0.1, -0.05) is 34.8 Å². The Hall–Kier alpha value is -0.870. The third-order valence-corrected chi connectivity index (χ3v) is 4.16. The highest BCUT2D eigenvalue weighted by Crippen LogP contribution is 2.32. The van der Waals surface area contributed by atoms with Crippen LogP contribution >= 0.6 is 15.9 Å². The molecule has 3 N–H and O–H groups in total. The van der Waals surface area contributed by atoms with Crippen molar-refractivity contribution in [2.45, 2.75) is 38.1 Å². The van der Waals surface area contributed by atoms with E-state index in [1.165, 1.54) is 0 Å². The number of hydrogen-bond donors (Lipinski definition) is 2. The molecule has 2 atom stereocenters. The lowest BCUT2D eigenvalue weighted by atomic mass is 9.74. The van der Waals surface area contributed by atoms with Crippen molar-refractivity contribution in [2.75, 3.05) is 5.32 Å². The van der Waals surface area contributed by atoms with Gasteiger partial charge in [0.05, 0.1) is 5.92 Å². The molecular weight excluding hydrogens is 292 g/mol. The van der Waals surface area contributed by atoms with Crippen molar-refractivity contribution in [2.24, 2.45) is 11.7 Å². The molecule has 18 heavy (non-hydrogen) atoms. The maximum absolute atomic E-state index is 12.3. The van der Waals surface area contributed by atoms with Gasteiger partial charge in [-0.3, -0.25) is 4.79 Å². The topological polar surface area (TPSA) is 55.1 Å². The van der Waals surface area contributed by atoms with E-state index in [9.17, 15) is 4.79 Å². The van der Waals surface area contributed by atoms with Gasteiger partial charge in [-0.25, -0.2) is 0 Å². The molecule has 0 aliphatic heterocycles. The van der Waals surface area contributed by atoms with E-state index in [4.69, 9.17) is 5.73 Å². The first kappa shape index (κ1) is 13.6. The number of nitrogens with one attached hydrogen (secondary N) is 1. The lowest BCUT2D eigenvalue weighted by Gasteiger charge is -2.37. The van der Waals surface area contributed by atoms with E-state index in [1.807, 2.05) is 31.2 Å². The van der Waals surface area contributed by atoms with Gasteiger partial charge in [0.2, 0.25) is 5.91 Å². The molecule has 1 aromatic rings. The summed E-state index contributed by atoms with van der Waals surface area (Å²) in [5.74, 6) is -0.0527. The van der Waals surface area contributed by atoms with E-state index in [0.29, 0.717) is 0 Å². The Morgan fingerprint density at radius 1 is 1.50 bits per heavy atom. The van der Waals surface area contributed by atoms with Gasteiger partial charge in [0, 0.05) is 15.7 Å². The average molecular weight is 311 g/mol.